The maximum Gasteiger partial charge on any atom is 0.261 e. The van der Waals surface area contributed by atoms with Crippen molar-refractivity contribution in [3.63, 3.8) is 0 Å². The van der Waals surface area contributed by atoms with Gasteiger partial charge in [0.1, 0.15) is 5.82 Å². The van der Waals surface area contributed by atoms with Crippen molar-refractivity contribution in [2.45, 2.75) is 39.2 Å². The predicted molar refractivity (Wildman–Crippen MR) is 120 cm³/mol. The van der Waals surface area contributed by atoms with Crippen molar-refractivity contribution >= 4 is 16.6 Å². The van der Waals surface area contributed by atoms with Gasteiger partial charge in [0.25, 0.3) is 5.56 Å². The van der Waals surface area contributed by atoms with Crippen LogP contribution in [0.4, 0.5) is 5.69 Å². The summed E-state index contributed by atoms with van der Waals surface area (Å²) in [7, 11) is 3.74. The smallest absolute Gasteiger partial charge is 0.261 e. The minimum atomic E-state index is -0.103. The van der Waals surface area contributed by atoms with Crippen LogP contribution in [0.2, 0.25) is 0 Å². The summed E-state index contributed by atoms with van der Waals surface area (Å²) in [5, 5.41) is 0.658. The molecular formula is C24H31N3O2. The average molecular weight is 394 g/mol. The quantitative estimate of drug-likeness (QED) is 0.542. The number of hydrogen-bond donors (Lipinski definition) is 0. The van der Waals surface area contributed by atoms with E-state index in [4.69, 9.17) is 9.72 Å². The molecule has 1 atom stereocenters. The number of aromatic nitrogens is 2. The first-order valence-electron chi connectivity index (χ1n) is 10.3. The van der Waals surface area contributed by atoms with E-state index in [0.29, 0.717) is 17.8 Å². The van der Waals surface area contributed by atoms with Crippen LogP contribution in [0.3, 0.4) is 0 Å². The molecule has 0 aliphatic heterocycles. The number of fused-ring (bicyclic) bond motifs is 1. The van der Waals surface area contributed by atoms with Gasteiger partial charge in [-0.2, -0.15) is 0 Å². The lowest BCUT2D eigenvalue weighted by Crippen LogP contribution is -2.32. The molecule has 0 amide bonds. The molecule has 1 heterocycles. The summed E-state index contributed by atoms with van der Waals surface area (Å²) >= 11 is 0. The highest BCUT2D eigenvalue weighted by molar-refractivity contribution is 5.81. The van der Waals surface area contributed by atoms with Crippen LogP contribution in [0.1, 0.15) is 37.2 Å². The molecule has 5 heteroatoms. The van der Waals surface area contributed by atoms with Crippen LogP contribution < -0.4 is 10.5 Å². The summed E-state index contributed by atoms with van der Waals surface area (Å²) in [5.41, 5.74) is 2.96. The zero-order valence-electron chi connectivity index (χ0n) is 17.9. The largest absolute Gasteiger partial charge is 0.383 e. The van der Waals surface area contributed by atoms with Gasteiger partial charge < -0.3 is 9.64 Å². The molecule has 0 saturated heterocycles. The van der Waals surface area contributed by atoms with Gasteiger partial charge in [0.2, 0.25) is 0 Å². The SMILES string of the molecule is CCCCN(C)c1ccc2nc(C)n([C@H](COC)Cc3ccccc3)c(=O)c2c1. The first-order chi connectivity index (χ1) is 14.0. The fraction of sp³-hybridized carbons (Fsp3) is 0.417. The Morgan fingerprint density at radius 2 is 1.93 bits per heavy atom. The van der Waals surface area contributed by atoms with Gasteiger partial charge in [-0.25, -0.2) is 4.98 Å². The van der Waals surface area contributed by atoms with Gasteiger partial charge in [-0.1, -0.05) is 43.7 Å². The zero-order valence-corrected chi connectivity index (χ0v) is 17.9. The number of methoxy groups -OCH3 is 1. The number of rotatable bonds is 9. The Morgan fingerprint density at radius 3 is 2.62 bits per heavy atom. The molecular weight excluding hydrogens is 362 g/mol. The third-order valence-corrected chi connectivity index (χ3v) is 5.39. The van der Waals surface area contributed by atoms with E-state index in [1.165, 1.54) is 5.56 Å². The van der Waals surface area contributed by atoms with E-state index in [1.807, 2.05) is 43.3 Å². The molecule has 154 valence electrons. The number of benzene rings is 2. The van der Waals surface area contributed by atoms with Crippen molar-refractivity contribution in [3.05, 3.63) is 70.3 Å². The fourth-order valence-electron chi connectivity index (χ4n) is 3.79. The molecule has 0 fully saturated rings. The van der Waals surface area contributed by atoms with Gasteiger partial charge in [-0.15, -0.1) is 0 Å². The maximum atomic E-state index is 13.5. The third-order valence-electron chi connectivity index (χ3n) is 5.39. The summed E-state index contributed by atoms with van der Waals surface area (Å²) in [6, 6.07) is 16.1. The summed E-state index contributed by atoms with van der Waals surface area (Å²) in [5.74, 6) is 0.715. The Kier molecular flexibility index (Phi) is 7.04. The Bertz CT molecular complexity index is 998. The monoisotopic (exact) mass is 393 g/mol. The highest BCUT2D eigenvalue weighted by Crippen LogP contribution is 2.21. The fourth-order valence-corrected chi connectivity index (χ4v) is 3.79. The standard InChI is InChI=1S/C24H31N3O2/c1-5-6-14-26(3)20-12-13-23-22(16-20)24(28)27(18(2)25-23)21(17-29-4)15-19-10-8-7-9-11-19/h7-13,16,21H,5-6,14-15,17H2,1-4H3/t21-/m0/s1. The molecule has 0 unspecified atom stereocenters. The van der Waals surface area contributed by atoms with E-state index in [0.717, 1.165) is 37.0 Å². The first-order valence-corrected chi connectivity index (χ1v) is 10.3. The number of nitrogens with zero attached hydrogens (tertiary/aromatic N) is 3. The van der Waals surface area contributed by atoms with Crippen LogP contribution in [0.15, 0.2) is 53.3 Å². The second kappa shape index (κ2) is 9.70. The van der Waals surface area contributed by atoms with Crippen molar-refractivity contribution in [3.8, 4) is 0 Å². The topological polar surface area (TPSA) is 47.4 Å². The van der Waals surface area contributed by atoms with E-state index in [-0.39, 0.29) is 11.6 Å². The van der Waals surface area contributed by atoms with E-state index in [2.05, 4.69) is 31.0 Å². The van der Waals surface area contributed by atoms with E-state index >= 15 is 0 Å². The lowest BCUT2D eigenvalue weighted by molar-refractivity contribution is 0.152. The van der Waals surface area contributed by atoms with Crippen LogP contribution in [0.5, 0.6) is 0 Å². The molecule has 3 aromatic rings. The van der Waals surface area contributed by atoms with Crippen LogP contribution in [0.25, 0.3) is 10.9 Å². The third kappa shape index (κ3) is 4.85. The highest BCUT2D eigenvalue weighted by Gasteiger charge is 2.19. The Labute approximate surface area is 173 Å². The second-order valence-electron chi connectivity index (χ2n) is 7.61. The molecule has 29 heavy (non-hydrogen) atoms. The van der Waals surface area contributed by atoms with Crippen molar-refractivity contribution in [1.29, 1.82) is 0 Å². The summed E-state index contributed by atoms with van der Waals surface area (Å²) in [6.07, 6.45) is 2.99. The van der Waals surface area contributed by atoms with E-state index < -0.39 is 0 Å². The number of anilines is 1. The molecule has 0 bridgehead atoms. The van der Waals surface area contributed by atoms with Gasteiger partial charge in [0.15, 0.2) is 0 Å². The summed E-state index contributed by atoms with van der Waals surface area (Å²) in [4.78, 5) is 20.4. The molecule has 0 spiro atoms. The maximum absolute atomic E-state index is 13.5. The van der Waals surface area contributed by atoms with Crippen molar-refractivity contribution < 1.29 is 4.74 Å². The Balaban J connectivity index is 2.04. The number of unbranched alkanes of at least 4 members (excludes halogenated alkanes) is 1. The minimum Gasteiger partial charge on any atom is -0.383 e. The van der Waals surface area contributed by atoms with Gasteiger partial charge in [0, 0.05) is 26.4 Å². The van der Waals surface area contributed by atoms with Gasteiger partial charge in [-0.3, -0.25) is 9.36 Å². The van der Waals surface area contributed by atoms with Gasteiger partial charge in [-0.05, 0) is 43.5 Å². The Morgan fingerprint density at radius 1 is 1.17 bits per heavy atom. The summed E-state index contributed by atoms with van der Waals surface area (Å²) < 4.78 is 7.26. The Hall–Kier alpha value is -2.66. The van der Waals surface area contributed by atoms with E-state index in [9.17, 15) is 4.79 Å². The lowest BCUT2D eigenvalue weighted by Gasteiger charge is -2.23. The molecule has 0 aliphatic rings. The highest BCUT2D eigenvalue weighted by atomic mass is 16.5. The number of hydrogen-bond acceptors (Lipinski definition) is 4. The van der Waals surface area contributed by atoms with Gasteiger partial charge >= 0.3 is 0 Å². The van der Waals surface area contributed by atoms with Crippen molar-refractivity contribution in [2.24, 2.45) is 0 Å². The van der Waals surface area contributed by atoms with Crippen molar-refractivity contribution in [2.75, 3.05) is 32.2 Å². The molecule has 0 saturated carbocycles. The lowest BCUT2D eigenvalue weighted by atomic mass is 10.1. The average Bonchev–Trinajstić information content (AvgIpc) is 2.72. The number of ether oxygens (including phenoxy) is 1. The molecule has 5 nitrogen and oxygen atoms in total. The molecule has 0 aliphatic carbocycles. The molecule has 3 rings (SSSR count). The molecule has 0 radical (unpaired) electrons. The van der Waals surface area contributed by atoms with Crippen LogP contribution in [-0.2, 0) is 11.2 Å². The zero-order chi connectivity index (χ0) is 20.8. The second-order valence-corrected chi connectivity index (χ2v) is 7.61. The molecule has 2 aromatic carbocycles. The first kappa shape index (κ1) is 21.1. The molecule has 0 N–H and O–H groups in total. The minimum absolute atomic E-state index is 0.00350. The molecule has 1 aromatic heterocycles. The number of aryl methyl sites for hydroxylation is 1. The van der Waals surface area contributed by atoms with Crippen LogP contribution in [0, 0.1) is 6.92 Å². The van der Waals surface area contributed by atoms with Crippen LogP contribution in [-0.4, -0.2) is 36.9 Å². The predicted octanol–water partition coefficient (Wildman–Crippen LogP) is 4.37. The van der Waals surface area contributed by atoms with Gasteiger partial charge in [0.05, 0.1) is 23.6 Å². The van der Waals surface area contributed by atoms with E-state index in [1.54, 1.807) is 11.7 Å². The van der Waals surface area contributed by atoms with Crippen molar-refractivity contribution in [1.82, 2.24) is 9.55 Å². The van der Waals surface area contributed by atoms with Crippen LogP contribution >= 0.6 is 0 Å². The summed E-state index contributed by atoms with van der Waals surface area (Å²) in [6.45, 7) is 5.51. The normalized spacial score (nSPS) is 12.3.